The van der Waals surface area contributed by atoms with Crippen LogP contribution in [0.2, 0.25) is 0 Å². The number of hydrogen-bond acceptors (Lipinski definition) is 6. The molecule has 1 aromatic carbocycles. The topological polar surface area (TPSA) is 66.1 Å². The van der Waals surface area contributed by atoms with Crippen LogP contribution < -0.4 is 15.4 Å². The van der Waals surface area contributed by atoms with Gasteiger partial charge in [-0.3, -0.25) is 0 Å². The number of carbonyl (C=O) groups excluding carboxylic acids is 1. The third-order valence-corrected chi connectivity index (χ3v) is 5.10. The van der Waals surface area contributed by atoms with Gasteiger partial charge in [-0.1, -0.05) is 12.1 Å². The summed E-state index contributed by atoms with van der Waals surface area (Å²) in [6.45, 7) is 14.8. The fraction of sp³-hybridized carbons (Fsp3) is 0.696. The van der Waals surface area contributed by atoms with Crippen molar-refractivity contribution in [3.05, 3.63) is 29.8 Å². The highest BCUT2D eigenvalue weighted by Gasteiger charge is 2.17. The Morgan fingerprint density at radius 3 is 2.07 bits per heavy atom. The van der Waals surface area contributed by atoms with E-state index in [-0.39, 0.29) is 6.09 Å². The van der Waals surface area contributed by atoms with Gasteiger partial charge in [0, 0.05) is 39.3 Å². The molecular formula is C23H40N4O3. The molecule has 0 bridgehead atoms. The fourth-order valence-electron chi connectivity index (χ4n) is 3.45. The maximum atomic E-state index is 11.6. The van der Waals surface area contributed by atoms with Crippen LogP contribution in [0.1, 0.15) is 39.2 Å². The van der Waals surface area contributed by atoms with Crippen LogP contribution in [0.5, 0.6) is 5.75 Å². The van der Waals surface area contributed by atoms with Crippen LogP contribution in [0.15, 0.2) is 24.3 Å². The number of rotatable bonds is 11. The maximum absolute atomic E-state index is 11.6. The maximum Gasteiger partial charge on any atom is 0.407 e. The summed E-state index contributed by atoms with van der Waals surface area (Å²) in [5.74, 6) is 0.900. The summed E-state index contributed by atoms with van der Waals surface area (Å²) < 4.78 is 10.4. The number of ether oxygens (including phenoxy) is 2. The van der Waals surface area contributed by atoms with E-state index >= 15 is 0 Å². The number of piperazine rings is 1. The van der Waals surface area contributed by atoms with Crippen molar-refractivity contribution >= 4 is 6.09 Å². The van der Waals surface area contributed by atoms with Gasteiger partial charge >= 0.3 is 6.09 Å². The average Bonchev–Trinajstić information content (AvgIpc) is 2.71. The second-order valence-corrected chi connectivity index (χ2v) is 8.84. The number of hydrogen-bond donors (Lipinski definition) is 2. The second-order valence-electron chi connectivity index (χ2n) is 8.84. The summed E-state index contributed by atoms with van der Waals surface area (Å²) >= 11 is 0. The molecule has 1 aliphatic rings. The summed E-state index contributed by atoms with van der Waals surface area (Å²) in [6, 6.07) is 8.22. The molecule has 1 fully saturated rings. The summed E-state index contributed by atoms with van der Waals surface area (Å²) in [5.41, 5.74) is 0.844. The van der Waals surface area contributed by atoms with Gasteiger partial charge in [0.25, 0.3) is 0 Å². The first-order valence-corrected chi connectivity index (χ1v) is 11.1. The monoisotopic (exact) mass is 420 g/mol. The Morgan fingerprint density at radius 2 is 1.53 bits per heavy atom. The number of carbonyl (C=O) groups is 1. The molecule has 0 radical (unpaired) electrons. The number of benzene rings is 1. The fourth-order valence-corrected chi connectivity index (χ4v) is 3.45. The van der Waals surface area contributed by atoms with Crippen LogP contribution in [0.4, 0.5) is 4.79 Å². The molecule has 0 spiro atoms. The van der Waals surface area contributed by atoms with Gasteiger partial charge in [-0.15, -0.1) is 0 Å². The number of alkyl carbamates (subject to hydrolysis) is 1. The first-order chi connectivity index (χ1) is 14.4. The van der Waals surface area contributed by atoms with Crippen LogP contribution in [0.3, 0.4) is 0 Å². The molecule has 1 amide bonds. The minimum absolute atomic E-state index is 0.326. The van der Waals surface area contributed by atoms with Gasteiger partial charge in [0.1, 0.15) is 11.4 Å². The Kier molecular flexibility index (Phi) is 10.4. The molecule has 0 aromatic heterocycles. The van der Waals surface area contributed by atoms with Gasteiger partial charge in [0.2, 0.25) is 0 Å². The van der Waals surface area contributed by atoms with Gasteiger partial charge in [0.05, 0.1) is 7.11 Å². The zero-order valence-corrected chi connectivity index (χ0v) is 19.2. The highest BCUT2D eigenvalue weighted by atomic mass is 16.6. The normalized spacial score (nSPS) is 15.7. The molecule has 7 heteroatoms. The van der Waals surface area contributed by atoms with Crippen molar-refractivity contribution in [2.75, 3.05) is 59.5 Å². The lowest BCUT2D eigenvalue weighted by atomic mass is 10.2. The molecule has 7 nitrogen and oxygen atoms in total. The number of methoxy groups -OCH3 is 1. The SMILES string of the molecule is COc1ccc(CNCCCN2CCN(CCCNC(=O)OC(C)(C)C)CC2)cc1. The molecule has 2 rings (SSSR count). The van der Waals surface area contributed by atoms with Crippen molar-refractivity contribution in [3.63, 3.8) is 0 Å². The molecule has 0 saturated carbocycles. The van der Waals surface area contributed by atoms with E-state index in [4.69, 9.17) is 9.47 Å². The van der Waals surface area contributed by atoms with E-state index < -0.39 is 5.60 Å². The van der Waals surface area contributed by atoms with E-state index in [1.165, 1.54) is 5.56 Å². The highest BCUT2D eigenvalue weighted by molar-refractivity contribution is 5.67. The lowest BCUT2D eigenvalue weighted by molar-refractivity contribution is 0.0524. The van der Waals surface area contributed by atoms with E-state index in [1.54, 1.807) is 7.11 Å². The van der Waals surface area contributed by atoms with Crippen molar-refractivity contribution in [1.82, 2.24) is 20.4 Å². The van der Waals surface area contributed by atoms with Gasteiger partial charge in [-0.25, -0.2) is 4.79 Å². The smallest absolute Gasteiger partial charge is 0.407 e. The van der Waals surface area contributed by atoms with Gasteiger partial charge in [-0.2, -0.15) is 0 Å². The zero-order valence-electron chi connectivity index (χ0n) is 19.2. The van der Waals surface area contributed by atoms with E-state index in [9.17, 15) is 4.79 Å². The number of nitrogens with one attached hydrogen (secondary N) is 2. The molecule has 30 heavy (non-hydrogen) atoms. The lowest BCUT2D eigenvalue weighted by Gasteiger charge is -2.34. The molecule has 1 aromatic rings. The van der Waals surface area contributed by atoms with Crippen molar-refractivity contribution in [3.8, 4) is 5.75 Å². The predicted octanol–water partition coefficient (Wildman–Crippen LogP) is 2.71. The molecule has 1 saturated heterocycles. The molecule has 1 heterocycles. The first kappa shape index (κ1) is 24.4. The quantitative estimate of drug-likeness (QED) is 0.537. The van der Waals surface area contributed by atoms with Gasteiger partial charge in [-0.05, 0) is 70.9 Å². The number of amides is 1. The Morgan fingerprint density at radius 1 is 0.967 bits per heavy atom. The molecule has 2 N–H and O–H groups in total. The van der Waals surface area contributed by atoms with E-state index in [0.29, 0.717) is 6.54 Å². The van der Waals surface area contributed by atoms with Crippen molar-refractivity contribution < 1.29 is 14.3 Å². The van der Waals surface area contributed by atoms with E-state index in [2.05, 4.69) is 32.6 Å². The van der Waals surface area contributed by atoms with Crippen molar-refractivity contribution in [1.29, 1.82) is 0 Å². The van der Waals surface area contributed by atoms with Crippen LogP contribution in [-0.2, 0) is 11.3 Å². The summed E-state index contributed by atoms with van der Waals surface area (Å²) in [6.07, 6.45) is 1.79. The van der Waals surface area contributed by atoms with Crippen LogP contribution in [0, 0.1) is 0 Å². The summed E-state index contributed by atoms with van der Waals surface area (Å²) in [5, 5.41) is 6.36. The van der Waals surface area contributed by atoms with Crippen LogP contribution >= 0.6 is 0 Å². The van der Waals surface area contributed by atoms with Gasteiger partial charge < -0.3 is 29.9 Å². The molecule has 1 aliphatic heterocycles. The van der Waals surface area contributed by atoms with Gasteiger partial charge in [0.15, 0.2) is 0 Å². The van der Waals surface area contributed by atoms with Crippen LogP contribution in [0.25, 0.3) is 0 Å². The third-order valence-electron chi connectivity index (χ3n) is 5.10. The van der Waals surface area contributed by atoms with Crippen molar-refractivity contribution in [2.45, 2.75) is 45.8 Å². The molecular weight excluding hydrogens is 380 g/mol. The molecule has 170 valence electrons. The molecule has 0 atom stereocenters. The van der Waals surface area contributed by atoms with Crippen molar-refractivity contribution in [2.24, 2.45) is 0 Å². The highest BCUT2D eigenvalue weighted by Crippen LogP contribution is 2.11. The lowest BCUT2D eigenvalue weighted by Crippen LogP contribution is -2.47. The Labute approximate surface area is 182 Å². The molecule has 0 aliphatic carbocycles. The summed E-state index contributed by atoms with van der Waals surface area (Å²) in [7, 11) is 1.69. The largest absolute Gasteiger partial charge is 0.497 e. The number of nitrogens with zero attached hydrogens (tertiary/aromatic N) is 2. The Balaban J connectivity index is 1.46. The molecule has 0 unspecified atom stereocenters. The first-order valence-electron chi connectivity index (χ1n) is 11.1. The second kappa shape index (κ2) is 12.8. The average molecular weight is 421 g/mol. The zero-order chi connectivity index (χ0) is 21.8. The summed E-state index contributed by atoms with van der Waals surface area (Å²) in [4.78, 5) is 16.7. The minimum Gasteiger partial charge on any atom is -0.497 e. The predicted molar refractivity (Wildman–Crippen MR) is 121 cm³/mol. The third kappa shape index (κ3) is 10.3. The Bertz CT molecular complexity index is 608. The van der Waals surface area contributed by atoms with E-state index in [1.807, 2.05) is 32.9 Å². The standard InChI is InChI=1S/C23H40N4O3/c1-23(2,3)30-22(28)25-12-6-14-27-17-15-26(16-18-27)13-5-11-24-19-20-7-9-21(29-4)10-8-20/h7-10,24H,5-6,11-19H2,1-4H3,(H,25,28). The minimum atomic E-state index is -0.439. The van der Waals surface area contributed by atoms with E-state index in [0.717, 1.165) is 70.9 Å². The van der Waals surface area contributed by atoms with Crippen LogP contribution in [-0.4, -0.2) is 81.0 Å². The Hall–Kier alpha value is -1.83.